The minimum Gasteiger partial charge on any atom is -0.494 e. The van der Waals surface area contributed by atoms with Gasteiger partial charge in [0.2, 0.25) is 0 Å². The molecule has 0 spiro atoms. The van der Waals surface area contributed by atoms with Crippen LogP contribution in [0.4, 0.5) is 21.9 Å². The molecule has 0 atom stereocenters. The Labute approximate surface area is 208 Å². The molecule has 0 bridgehead atoms. The Bertz CT molecular complexity index is 1330. The molecule has 186 valence electrons. The number of carbonyl (C=O) groups is 1. The van der Waals surface area contributed by atoms with Crippen molar-refractivity contribution in [2.24, 2.45) is 0 Å². The van der Waals surface area contributed by atoms with Crippen LogP contribution in [-0.2, 0) is 0 Å². The number of amides is 2. The maximum absolute atomic E-state index is 12.8. The molecule has 1 aromatic heterocycles. The summed E-state index contributed by atoms with van der Waals surface area (Å²) in [4.78, 5) is 30.0. The minimum absolute atomic E-state index is 0.115. The molecule has 0 unspecified atom stereocenters. The molecule has 4 N–H and O–H groups in total. The number of nitrogens with zero attached hydrogens (tertiary/aromatic N) is 3. The lowest BCUT2D eigenvalue weighted by atomic mass is 10.1. The molecule has 11 nitrogen and oxygen atoms in total. The third-order valence-corrected chi connectivity index (χ3v) is 6.44. The fourth-order valence-corrected chi connectivity index (χ4v) is 4.45. The monoisotopic (exact) mass is 489 g/mol. The van der Waals surface area contributed by atoms with Gasteiger partial charge in [-0.2, -0.15) is 5.26 Å². The number of hydrogen-bond donors (Lipinski definition) is 4. The van der Waals surface area contributed by atoms with E-state index in [9.17, 15) is 10.1 Å². The van der Waals surface area contributed by atoms with Crippen LogP contribution in [0.5, 0.6) is 17.2 Å². The standard InChI is InChI=1S/C25H27N7O4/c1-3-32-8-6-16(7-9-32)29-25(33)30-20-11-18-19(12-22(20)34-2)27-14-15(13-26)24(18)28-17-4-5-21-23(10-17)36-31-35-21/h4-5,10-12,14,16,31H,3,6-9H2,1-2H3,(H,27,28)(H2,29,30,33). The maximum Gasteiger partial charge on any atom is 0.319 e. The second-order valence-electron chi connectivity index (χ2n) is 8.61. The number of likely N-dealkylation sites (tertiary alicyclic amines) is 1. The van der Waals surface area contributed by atoms with Crippen LogP contribution in [0.2, 0.25) is 0 Å². The summed E-state index contributed by atoms with van der Waals surface area (Å²) in [7, 11) is 1.54. The average Bonchev–Trinajstić information content (AvgIpc) is 3.37. The Kier molecular flexibility index (Phi) is 6.62. The Balaban J connectivity index is 1.43. The third kappa shape index (κ3) is 4.77. The topological polar surface area (TPSA) is 133 Å². The number of nitriles is 1. The smallest absolute Gasteiger partial charge is 0.319 e. The van der Waals surface area contributed by atoms with Crippen molar-refractivity contribution in [1.29, 1.82) is 5.26 Å². The van der Waals surface area contributed by atoms with Crippen molar-refractivity contribution in [3.63, 3.8) is 0 Å². The lowest BCUT2D eigenvalue weighted by Crippen LogP contribution is -2.45. The van der Waals surface area contributed by atoms with Crippen molar-refractivity contribution in [3.8, 4) is 23.3 Å². The number of benzene rings is 2. The molecule has 5 rings (SSSR count). The summed E-state index contributed by atoms with van der Waals surface area (Å²) in [6.45, 7) is 5.10. The number of pyridine rings is 1. The van der Waals surface area contributed by atoms with Crippen molar-refractivity contribution in [2.75, 3.05) is 37.4 Å². The van der Waals surface area contributed by atoms with Crippen LogP contribution in [0.15, 0.2) is 36.5 Å². The van der Waals surface area contributed by atoms with E-state index in [1.165, 1.54) is 13.3 Å². The van der Waals surface area contributed by atoms with E-state index in [1.807, 2.05) is 6.07 Å². The molecule has 0 aliphatic carbocycles. The van der Waals surface area contributed by atoms with E-state index < -0.39 is 0 Å². The predicted octanol–water partition coefficient (Wildman–Crippen LogP) is 3.66. The third-order valence-electron chi connectivity index (χ3n) is 6.44. The first-order valence-corrected chi connectivity index (χ1v) is 11.8. The molecule has 0 radical (unpaired) electrons. The number of anilines is 3. The first-order chi connectivity index (χ1) is 17.6. The zero-order valence-electron chi connectivity index (χ0n) is 20.1. The predicted molar refractivity (Wildman–Crippen MR) is 134 cm³/mol. The number of nitrogens with one attached hydrogen (secondary N) is 4. The highest BCUT2D eigenvalue weighted by molar-refractivity contribution is 6.01. The number of methoxy groups -OCH3 is 1. The van der Waals surface area contributed by atoms with E-state index >= 15 is 0 Å². The van der Waals surface area contributed by atoms with E-state index in [0.29, 0.717) is 50.8 Å². The fraction of sp³-hybridized carbons (Fsp3) is 0.320. The van der Waals surface area contributed by atoms with Gasteiger partial charge in [-0.15, -0.1) is 0 Å². The largest absolute Gasteiger partial charge is 0.494 e. The molecule has 1 saturated heterocycles. The lowest BCUT2D eigenvalue weighted by Gasteiger charge is -2.31. The summed E-state index contributed by atoms with van der Waals surface area (Å²) in [5.74, 6) is 1.54. The maximum atomic E-state index is 12.8. The van der Waals surface area contributed by atoms with Crippen LogP contribution < -0.4 is 36.0 Å². The molecule has 2 aliphatic rings. The number of rotatable bonds is 6. The van der Waals surface area contributed by atoms with Gasteiger partial charge < -0.3 is 35.3 Å². The number of fused-ring (bicyclic) bond motifs is 2. The zero-order valence-corrected chi connectivity index (χ0v) is 20.1. The summed E-state index contributed by atoms with van der Waals surface area (Å²) >= 11 is 0. The molecule has 11 heteroatoms. The van der Waals surface area contributed by atoms with E-state index in [4.69, 9.17) is 14.4 Å². The fourth-order valence-electron chi connectivity index (χ4n) is 4.45. The van der Waals surface area contributed by atoms with Gasteiger partial charge >= 0.3 is 6.03 Å². The molecular weight excluding hydrogens is 462 g/mol. The summed E-state index contributed by atoms with van der Waals surface area (Å²) in [5, 5.41) is 19.7. The Hall–Kier alpha value is -4.27. The van der Waals surface area contributed by atoms with Gasteiger partial charge in [0.05, 0.1) is 29.6 Å². The van der Waals surface area contributed by atoms with Crippen LogP contribution in [0.25, 0.3) is 10.9 Å². The number of piperidine rings is 1. The van der Waals surface area contributed by atoms with Crippen molar-refractivity contribution < 1.29 is 19.2 Å². The lowest BCUT2D eigenvalue weighted by molar-refractivity contribution is 0.0260. The van der Waals surface area contributed by atoms with Gasteiger partial charge in [0.25, 0.3) is 0 Å². The normalized spacial score (nSPS) is 15.4. The van der Waals surface area contributed by atoms with Crippen LogP contribution in [0.1, 0.15) is 25.3 Å². The zero-order chi connectivity index (χ0) is 25.1. The molecular formula is C25H27N7O4. The first-order valence-electron chi connectivity index (χ1n) is 11.8. The minimum atomic E-state index is -0.301. The Morgan fingerprint density at radius 3 is 2.81 bits per heavy atom. The van der Waals surface area contributed by atoms with Crippen LogP contribution in [0, 0.1) is 11.3 Å². The highest BCUT2D eigenvalue weighted by Gasteiger charge is 2.21. The van der Waals surface area contributed by atoms with E-state index in [0.717, 1.165) is 32.5 Å². The number of aromatic nitrogens is 1. The number of urea groups is 1. The van der Waals surface area contributed by atoms with E-state index in [-0.39, 0.29) is 12.1 Å². The van der Waals surface area contributed by atoms with Gasteiger partial charge in [-0.05, 0) is 37.6 Å². The molecule has 3 aromatic rings. The quantitative estimate of drug-likeness (QED) is 0.409. The van der Waals surface area contributed by atoms with Gasteiger partial charge in [0.1, 0.15) is 11.8 Å². The summed E-state index contributed by atoms with van der Waals surface area (Å²) in [5.41, 5.74) is 5.02. The van der Waals surface area contributed by atoms with Crippen molar-refractivity contribution in [2.45, 2.75) is 25.8 Å². The molecule has 0 saturated carbocycles. The Morgan fingerprint density at radius 1 is 1.25 bits per heavy atom. The average molecular weight is 490 g/mol. The summed E-state index contributed by atoms with van der Waals surface area (Å²) in [6, 6.07) is 10.8. The second kappa shape index (κ2) is 10.2. The number of carbonyl (C=O) groups excluding carboxylic acids is 1. The Morgan fingerprint density at radius 2 is 2.06 bits per heavy atom. The van der Waals surface area contributed by atoms with Crippen molar-refractivity contribution in [3.05, 3.63) is 42.1 Å². The molecule has 36 heavy (non-hydrogen) atoms. The highest BCUT2D eigenvalue weighted by atomic mass is 16.9. The molecule has 2 amide bonds. The molecule has 1 fully saturated rings. The summed E-state index contributed by atoms with van der Waals surface area (Å²) in [6.07, 6.45) is 3.32. The van der Waals surface area contributed by atoms with Crippen LogP contribution in [0.3, 0.4) is 0 Å². The molecule has 2 aromatic carbocycles. The SMILES string of the molecule is CCN1CCC(NC(=O)Nc2cc3c(Nc4ccc5c(c4)ONO5)c(C#N)cnc3cc2OC)CC1. The summed E-state index contributed by atoms with van der Waals surface area (Å²) < 4.78 is 5.53. The molecule has 3 heterocycles. The number of hydrogen-bond acceptors (Lipinski definition) is 9. The van der Waals surface area contributed by atoms with Gasteiger partial charge in [-0.3, -0.25) is 4.98 Å². The van der Waals surface area contributed by atoms with Gasteiger partial charge in [-0.1, -0.05) is 6.92 Å². The highest BCUT2D eigenvalue weighted by Crippen LogP contribution is 2.38. The molecule has 2 aliphatic heterocycles. The van der Waals surface area contributed by atoms with Crippen molar-refractivity contribution >= 4 is 34.0 Å². The van der Waals surface area contributed by atoms with Crippen LogP contribution in [-0.4, -0.2) is 48.7 Å². The number of ether oxygens (including phenoxy) is 1. The van der Waals surface area contributed by atoms with E-state index in [2.05, 4.69) is 44.5 Å². The van der Waals surface area contributed by atoms with Crippen LogP contribution >= 0.6 is 0 Å². The van der Waals surface area contributed by atoms with E-state index in [1.54, 1.807) is 24.3 Å². The van der Waals surface area contributed by atoms with Gasteiger partial charge in [0.15, 0.2) is 11.5 Å². The second-order valence-corrected chi connectivity index (χ2v) is 8.61. The van der Waals surface area contributed by atoms with Gasteiger partial charge in [-0.25, -0.2) is 4.79 Å². The first kappa shape index (κ1) is 23.5. The van der Waals surface area contributed by atoms with Gasteiger partial charge in [0, 0.05) is 54.2 Å². The van der Waals surface area contributed by atoms with Crippen molar-refractivity contribution in [1.82, 2.24) is 20.8 Å².